The summed E-state index contributed by atoms with van der Waals surface area (Å²) in [4.78, 5) is 15.0. The van der Waals surface area contributed by atoms with Gasteiger partial charge in [0.1, 0.15) is 0 Å². The fourth-order valence-corrected chi connectivity index (χ4v) is 3.41. The number of carbonyl (C=O) groups is 1. The van der Waals surface area contributed by atoms with Gasteiger partial charge in [-0.05, 0) is 64.3 Å². The third-order valence-corrected chi connectivity index (χ3v) is 4.75. The zero-order valence-corrected chi connectivity index (χ0v) is 15.0. The Hall–Kier alpha value is -1.06. The van der Waals surface area contributed by atoms with Gasteiger partial charge in [0, 0.05) is 13.1 Å². The highest BCUT2D eigenvalue weighted by atomic mass is 35.5. The average Bonchev–Trinajstić information content (AvgIpc) is 2.48. The molecule has 0 aromatic heterocycles. The first kappa shape index (κ1) is 19.0. The van der Waals surface area contributed by atoms with Gasteiger partial charge in [-0.2, -0.15) is 0 Å². The van der Waals surface area contributed by atoms with Crippen molar-refractivity contribution in [3.05, 3.63) is 35.4 Å². The molecule has 1 aliphatic heterocycles. The van der Waals surface area contributed by atoms with Crippen molar-refractivity contribution in [1.82, 2.24) is 10.2 Å². The monoisotopic (exact) mass is 324 g/mol. The van der Waals surface area contributed by atoms with Gasteiger partial charge in [0.05, 0.1) is 5.41 Å². The number of aryl methyl sites for hydroxylation is 1. The highest BCUT2D eigenvalue weighted by molar-refractivity contribution is 5.87. The molecule has 1 amide bonds. The molecule has 1 heterocycles. The van der Waals surface area contributed by atoms with E-state index in [0.717, 1.165) is 38.0 Å². The molecular formula is C18H29ClN2O. The maximum atomic E-state index is 12.9. The molecule has 0 bridgehead atoms. The number of nitrogens with zero attached hydrogens (tertiary/aromatic N) is 1. The first-order chi connectivity index (χ1) is 9.96. The van der Waals surface area contributed by atoms with Gasteiger partial charge >= 0.3 is 0 Å². The SMILES string of the molecule is CNCC1CCN(C(=O)C(C)(C)c2ccccc2C)CC1.Cl. The zero-order valence-electron chi connectivity index (χ0n) is 14.2. The van der Waals surface area contributed by atoms with E-state index in [-0.39, 0.29) is 18.3 Å². The Morgan fingerprint density at radius 1 is 1.27 bits per heavy atom. The van der Waals surface area contributed by atoms with Crippen molar-refractivity contribution in [2.75, 3.05) is 26.7 Å². The summed E-state index contributed by atoms with van der Waals surface area (Å²) in [7, 11) is 2.00. The Labute approximate surface area is 140 Å². The highest BCUT2D eigenvalue weighted by Gasteiger charge is 2.36. The van der Waals surface area contributed by atoms with Crippen LogP contribution in [0.5, 0.6) is 0 Å². The lowest BCUT2D eigenvalue weighted by molar-refractivity contribution is -0.137. The lowest BCUT2D eigenvalue weighted by atomic mass is 9.80. The molecule has 124 valence electrons. The second-order valence-corrected chi connectivity index (χ2v) is 6.73. The lowest BCUT2D eigenvalue weighted by Crippen LogP contribution is -2.48. The number of piperidine rings is 1. The Balaban J connectivity index is 0.00000242. The van der Waals surface area contributed by atoms with Crippen LogP contribution in [-0.4, -0.2) is 37.5 Å². The van der Waals surface area contributed by atoms with Crippen LogP contribution >= 0.6 is 12.4 Å². The summed E-state index contributed by atoms with van der Waals surface area (Å²) >= 11 is 0. The van der Waals surface area contributed by atoms with Crippen molar-refractivity contribution in [3.8, 4) is 0 Å². The molecule has 2 rings (SSSR count). The number of hydrogen-bond acceptors (Lipinski definition) is 2. The number of benzene rings is 1. The maximum Gasteiger partial charge on any atom is 0.232 e. The molecule has 0 atom stereocenters. The molecular weight excluding hydrogens is 296 g/mol. The van der Waals surface area contributed by atoms with E-state index in [2.05, 4.69) is 43.1 Å². The largest absolute Gasteiger partial charge is 0.342 e. The first-order valence-electron chi connectivity index (χ1n) is 7.97. The summed E-state index contributed by atoms with van der Waals surface area (Å²) in [5.74, 6) is 0.973. The van der Waals surface area contributed by atoms with Crippen molar-refractivity contribution in [2.45, 2.75) is 39.0 Å². The summed E-state index contributed by atoms with van der Waals surface area (Å²) in [6, 6.07) is 8.23. The van der Waals surface area contributed by atoms with Crippen molar-refractivity contribution in [2.24, 2.45) is 5.92 Å². The van der Waals surface area contributed by atoms with Crippen LogP contribution in [-0.2, 0) is 10.2 Å². The molecule has 0 spiro atoms. The molecule has 22 heavy (non-hydrogen) atoms. The van der Waals surface area contributed by atoms with Crippen LogP contribution in [0.2, 0.25) is 0 Å². The van der Waals surface area contributed by atoms with E-state index in [0.29, 0.717) is 5.92 Å². The quantitative estimate of drug-likeness (QED) is 0.922. The number of nitrogens with one attached hydrogen (secondary N) is 1. The van der Waals surface area contributed by atoms with E-state index in [4.69, 9.17) is 0 Å². The third-order valence-electron chi connectivity index (χ3n) is 4.75. The van der Waals surface area contributed by atoms with Crippen LogP contribution in [0.1, 0.15) is 37.8 Å². The summed E-state index contributed by atoms with van der Waals surface area (Å²) in [6.45, 7) is 9.03. The van der Waals surface area contributed by atoms with Crippen LogP contribution in [0.4, 0.5) is 0 Å². The van der Waals surface area contributed by atoms with Crippen LogP contribution in [0, 0.1) is 12.8 Å². The zero-order chi connectivity index (χ0) is 15.5. The molecule has 1 fully saturated rings. The van der Waals surface area contributed by atoms with Crippen molar-refractivity contribution in [1.29, 1.82) is 0 Å². The van der Waals surface area contributed by atoms with E-state index < -0.39 is 5.41 Å². The van der Waals surface area contributed by atoms with E-state index in [1.807, 2.05) is 19.2 Å². The standard InChI is InChI=1S/C18H28N2O.ClH/c1-14-7-5-6-8-16(14)18(2,3)17(21)20-11-9-15(10-12-20)13-19-4;/h5-8,15,19H,9-13H2,1-4H3;1H. The van der Waals surface area contributed by atoms with Gasteiger partial charge in [-0.15, -0.1) is 12.4 Å². The molecule has 1 aromatic rings. The minimum atomic E-state index is -0.443. The summed E-state index contributed by atoms with van der Waals surface area (Å²) in [5, 5.41) is 3.24. The molecule has 0 saturated carbocycles. The minimum Gasteiger partial charge on any atom is -0.342 e. The molecule has 3 nitrogen and oxygen atoms in total. The fourth-order valence-electron chi connectivity index (χ4n) is 3.41. The van der Waals surface area contributed by atoms with E-state index in [1.165, 1.54) is 5.56 Å². The van der Waals surface area contributed by atoms with Crippen LogP contribution in [0.15, 0.2) is 24.3 Å². The fraction of sp³-hybridized carbons (Fsp3) is 0.611. The molecule has 1 aliphatic rings. The van der Waals surface area contributed by atoms with E-state index in [1.54, 1.807) is 0 Å². The summed E-state index contributed by atoms with van der Waals surface area (Å²) in [6.07, 6.45) is 2.22. The molecule has 0 unspecified atom stereocenters. The number of rotatable bonds is 4. The molecule has 1 aromatic carbocycles. The van der Waals surface area contributed by atoms with Gasteiger partial charge in [0.25, 0.3) is 0 Å². The Kier molecular flexibility index (Phi) is 6.89. The summed E-state index contributed by atoms with van der Waals surface area (Å²) in [5.41, 5.74) is 1.90. The van der Waals surface area contributed by atoms with Crippen LogP contribution in [0.3, 0.4) is 0 Å². The van der Waals surface area contributed by atoms with Gasteiger partial charge < -0.3 is 10.2 Å². The predicted molar refractivity (Wildman–Crippen MR) is 94.7 cm³/mol. The van der Waals surface area contributed by atoms with Crippen LogP contribution in [0.25, 0.3) is 0 Å². The first-order valence-corrected chi connectivity index (χ1v) is 7.97. The number of halogens is 1. The molecule has 0 aliphatic carbocycles. The third kappa shape index (κ3) is 4.02. The van der Waals surface area contributed by atoms with Crippen molar-refractivity contribution >= 4 is 18.3 Å². The normalized spacial score (nSPS) is 16.3. The van der Waals surface area contributed by atoms with Gasteiger partial charge in [-0.3, -0.25) is 4.79 Å². The van der Waals surface area contributed by atoms with Crippen molar-refractivity contribution in [3.63, 3.8) is 0 Å². The van der Waals surface area contributed by atoms with Gasteiger partial charge in [-0.25, -0.2) is 0 Å². The molecule has 1 N–H and O–H groups in total. The van der Waals surface area contributed by atoms with E-state index >= 15 is 0 Å². The number of amides is 1. The van der Waals surface area contributed by atoms with Gasteiger partial charge in [-0.1, -0.05) is 24.3 Å². The average molecular weight is 325 g/mol. The van der Waals surface area contributed by atoms with Gasteiger partial charge in [0.2, 0.25) is 5.91 Å². The maximum absolute atomic E-state index is 12.9. The second kappa shape index (κ2) is 7.98. The molecule has 4 heteroatoms. The summed E-state index contributed by atoms with van der Waals surface area (Å²) < 4.78 is 0. The molecule has 1 saturated heterocycles. The predicted octanol–water partition coefficient (Wildman–Crippen LogP) is 3.15. The Morgan fingerprint density at radius 3 is 2.41 bits per heavy atom. The number of carbonyl (C=O) groups excluding carboxylic acids is 1. The smallest absolute Gasteiger partial charge is 0.232 e. The van der Waals surface area contributed by atoms with Crippen LogP contribution < -0.4 is 5.32 Å². The number of likely N-dealkylation sites (tertiary alicyclic amines) is 1. The van der Waals surface area contributed by atoms with Gasteiger partial charge in [0.15, 0.2) is 0 Å². The highest BCUT2D eigenvalue weighted by Crippen LogP contribution is 2.30. The Morgan fingerprint density at radius 2 is 1.86 bits per heavy atom. The topological polar surface area (TPSA) is 32.3 Å². The Bertz CT molecular complexity index is 494. The number of hydrogen-bond donors (Lipinski definition) is 1. The minimum absolute atomic E-state index is 0. The second-order valence-electron chi connectivity index (χ2n) is 6.73. The van der Waals surface area contributed by atoms with Crippen molar-refractivity contribution < 1.29 is 4.79 Å². The van der Waals surface area contributed by atoms with E-state index in [9.17, 15) is 4.79 Å². The molecule has 0 radical (unpaired) electrons. The lowest BCUT2D eigenvalue weighted by Gasteiger charge is -2.37.